The summed E-state index contributed by atoms with van der Waals surface area (Å²) < 4.78 is 30.4. The first-order chi connectivity index (χ1) is 14.2. The van der Waals surface area contributed by atoms with Crippen LogP contribution in [0.15, 0.2) is 65.3 Å². The highest BCUT2D eigenvalue weighted by atomic mass is 32.2. The van der Waals surface area contributed by atoms with Crippen LogP contribution in [-0.4, -0.2) is 26.5 Å². The van der Waals surface area contributed by atoms with Gasteiger partial charge < -0.3 is 15.1 Å². The molecule has 8 nitrogen and oxygen atoms in total. The molecule has 0 saturated heterocycles. The Labute approximate surface area is 174 Å². The first-order valence-corrected chi connectivity index (χ1v) is 10.9. The average Bonchev–Trinajstić information content (AvgIpc) is 3.20. The number of nitrogens with one attached hydrogen (secondary N) is 3. The second-order valence-electron chi connectivity index (χ2n) is 6.67. The lowest BCUT2D eigenvalue weighted by molar-refractivity contribution is 0.0949. The van der Waals surface area contributed by atoms with Gasteiger partial charge in [-0.15, -0.1) is 0 Å². The largest absolute Gasteiger partial charge is 0.467 e. The SMILES string of the molecule is Cc1cc(C(=O)Nc2ccccc2C(=O)NCc2ccco2)ccc1NS(C)(=O)=O. The number of furan rings is 1. The fraction of sp³-hybridized carbons (Fsp3) is 0.143. The highest BCUT2D eigenvalue weighted by Crippen LogP contribution is 2.20. The van der Waals surface area contributed by atoms with E-state index in [4.69, 9.17) is 4.42 Å². The average molecular weight is 427 g/mol. The Morgan fingerprint density at radius 2 is 1.73 bits per heavy atom. The zero-order valence-corrected chi connectivity index (χ0v) is 17.2. The molecular formula is C21H21N3O5S. The predicted molar refractivity (Wildman–Crippen MR) is 114 cm³/mol. The van der Waals surface area contributed by atoms with Crippen LogP contribution < -0.4 is 15.4 Å². The van der Waals surface area contributed by atoms with Gasteiger partial charge in [0.25, 0.3) is 11.8 Å². The molecule has 0 fully saturated rings. The molecule has 156 valence electrons. The summed E-state index contributed by atoms with van der Waals surface area (Å²) in [5, 5.41) is 5.48. The maximum Gasteiger partial charge on any atom is 0.255 e. The van der Waals surface area contributed by atoms with Gasteiger partial charge in [-0.1, -0.05) is 12.1 Å². The van der Waals surface area contributed by atoms with Gasteiger partial charge in [0, 0.05) is 5.56 Å². The van der Waals surface area contributed by atoms with Gasteiger partial charge >= 0.3 is 0 Å². The highest BCUT2D eigenvalue weighted by Gasteiger charge is 2.15. The summed E-state index contributed by atoms with van der Waals surface area (Å²) in [5.74, 6) is -0.162. The number of amides is 2. The van der Waals surface area contributed by atoms with E-state index in [1.807, 2.05) is 0 Å². The van der Waals surface area contributed by atoms with Crippen molar-refractivity contribution in [1.82, 2.24) is 5.32 Å². The Hall–Kier alpha value is -3.59. The van der Waals surface area contributed by atoms with Crippen LogP contribution in [0.1, 0.15) is 32.0 Å². The molecule has 9 heteroatoms. The van der Waals surface area contributed by atoms with Gasteiger partial charge in [0.15, 0.2) is 0 Å². The number of aryl methyl sites for hydroxylation is 1. The van der Waals surface area contributed by atoms with Gasteiger partial charge in [-0.3, -0.25) is 14.3 Å². The van der Waals surface area contributed by atoms with E-state index < -0.39 is 15.9 Å². The molecule has 0 unspecified atom stereocenters. The molecule has 2 amide bonds. The van der Waals surface area contributed by atoms with Crippen molar-refractivity contribution in [3.05, 3.63) is 83.3 Å². The summed E-state index contributed by atoms with van der Waals surface area (Å²) in [5.41, 5.74) is 1.99. The number of para-hydroxylation sites is 1. The van der Waals surface area contributed by atoms with E-state index in [0.717, 1.165) is 6.26 Å². The molecule has 30 heavy (non-hydrogen) atoms. The number of sulfonamides is 1. The first-order valence-electron chi connectivity index (χ1n) is 9.02. The van der Waals surface area contributed by atoms with E-state index in [2.05, 4.69) is 15.4 Å². The fourth-order valence-electron chi connectivity index (χ4n) is 2.78. The molecule has 3 aromatic rings. The maximum absolute atomic E-state index is 12.7. The van der Waals surface area contributed by atoms with Crippen molar-refractivity contribution in [2.45, 2.75) is 13.5 Å². The Morgan fingerprint density at radius 3 is 2.40 bits per heavy atom. The molecule has 0 aliphatic heterocycles. The number of hydrogen-bond donors (Lipinski definition) is 3. The summed E-state index contributed by atoms with van der Waals surface area (Å²) in [6.07, 6.45) is 2.58. The summed E-state index contributed by atoms with van der Waals surface area (Å²) in [7, 11) is -3.42. The number of hydrogen-bond acceptors (Lipinski definition) is 5. The number of rotatable bonds is 7. The van der Waals surface area contributed by atoms with Gasteiger partial charge in [0.05, 0.1) is 36.0 Å². The standard InChI is InChI=1S/C21H21N3O5S/c1-14-12-15(9-10-18(14)24-30(2,27)28)20(25)23-19-8-4-3-7-17(19)21(26)22-13-16-6-5-11-29-16/h3-12,24H,13H2,1-2H3,(H,22,26)(H,23,25). The lowest BCUT2D eigenvalue weighted by Crippen LogP contribution is -2.24. The summed E-state index contributed by atoms with van der Waals surface area (Å²) in [6, 6.07) is 14.7. The molecule has 3 rings (SSSR count). The molecular weight excluding hydrogens is 406 g/mol. The summed E-state index contributed by atoms with van der Waals surface area (Å²) in [4.78, 5) is 25.2. The Kier molecular flexibility index (Phi) is 6.22. The normalized spacial score (nSPS) is 11.0. The number of anilines is 2. The number of benzene rings is 2. The van der Waals surface area contributed by atoms with Crippen LogP contribution in [0.4, 0.5) is 11.4 Å². The van der Waals surface area contributed by atoms with E-state index in [-0.39, 0.29) is 12.5 Å². The maximum atomic E-state index is 12.7. The van der Waals surface area contributed by atoms with Crippen LogP contribution in [0.2, 0.25) is 0 Å². The van der Waals surface area contributed by atoms with Crippen LogP contribution in [0.3, 0.4) is 0 Å². The molecule has 0 atom stereocenters. The monoisotopic (exact) mass is 427 g/mol. The van der Waals surface area contributed by atoms with Crippen LogP contribution in [0, 0.1) is 6.92 Å². The first kappa shape index (κ1) is 21.1. The molecule has 0 radical (unpaired) electrons. The van der Waals surface area contributed by atoms with Crippen molar-refractivity contribution < 1.29 is 22.4 Å². The van der Waals surface area contributed by atoms with Gasteiger partial charge in [0.1, 0.15) is 5.76 Å². The predicted octanol–water partition coefficient (Wildman–Crippen LogP) is 3.14. The van der Waals surface area contributed by atoms with Crippen molar-refractivity contribution in [2.75, 3.05) is 16.3 Å². The van der Waals surface area contributed by atoms with E-state index in [9.17, 15) is 18.0 Å². The molecule has 1 heterocycles. The van der Waals surface area contributed by atoms with Crippen LogP contribution >= 0.6 is 0 Å². The highest BCUT2D eigenvalue weighted by molar-refractivity contribution is 7.92. The van der Waals surface area contributed by atoms with E-state index in [1.165, 1.54) is 18.4 Å². The molecule has 2 aromatic carbocycles. The lowest BCUT2D eigenvalue weighted by atomic mass is 10.1. The number of carbonyl (C=O) groups excluding carboxylic acids is 2. The van der Waals surface area contributed by atoms with Crippen molar-refractivity contribution in [2.24, 2.45) is 0 Å². The fourth-order valence-corrected chi connectivity index (χ4v) is 3.41. The van der Waals surface area contributed by atoms with Crippen molar-refractivity contribution in [3.8, 4) is 0 Å². The van der Waals surface area contributed by atoms with Gasteiger partial charge in [-0.2, -0.15) is 0 Å². The lowest BCUT2D eigenvalue weighted by Gasteiger charge is -2.13. The summed E-state index contributed by atoms with van der Waals surface area (Å²) in [6.45, 7) is 1.92. The zero-order valence-electron chi connectivity index (χ0n) is 16.4. The van der Waals surface area contributed by atoms with Crippen LogP contribution in [0.25, 0.3) is 0 Å². The molecule has 0 spiro atoms. The molecule has 0 aliphatic rings. The number of carbonyl (C=O) groups is 2. The molecule has 1 aromatic heterocycles. The van der Waals surface area contributed by atoms with Gasteiger partial charge in [-0.25, -0.2) is 8.42 Å². The molecule has 3 N–H and O–H groups in total. The minimum atomic E-state index is -3.42. The minimum absolute atomic E-state index is 0.224. The van der Waals surface area contributed by atoms with Gasteiger partial charge in [0.2, 0.25) is 10.0 Å². The third-order valence-electron chi connectivity index (χ3n) is 4.21. The third-order valence-corrected chi connectivity index (χ3v) is 4.80. The molecule has 0 bridgehead atoms. The van der Waals surface area contributed by atoms with E-state index in [0.29, 0.717) is 33.8 Å². The zero-order chi connectivity index (χ0) is 21.7. The topological polar surface area (TPSA) is 118 Å². The van der Waals surface area contributed by atoms with Crippen molar-refractivity contribution in [3.63, 3.8) is 0 Å². The molecule has 0 saturated carbocycles. The minimum Gasteiger partial charge on any atom is -0.467 e. The quantitative estimate of drug-likeness (QED) is 0.535. The second-order valence-corrected chi connectivity index (χ2v) is 8.41. The Bertz CT molecular complexity index is 1170. The van der Waals surface area contributed by atoms with Crippen LogP contribution in [-0.2, 0) is 16.6 Å². The second kappa shape index (κ2) is 8.83. The van der Waals surface area contributed by atoms with Crippen molar-refractivity contribution >= 4 is 33.2 Å². The molecule has 0 aliphatic carbocycles. The van der Waals surface area contributed by atoms with Crippen molar-refractivity contribution in [1.29, 1.82) is 0 Å². The third kappa shape index (κ3) is 5.48. The summed E-state index contributed by atoms with van der Waals surface area (Å²) >= 11 is 0. The Balaban J connectivity index is 1.74. The van der Waals surface area contributed by atoms with E-state index in [1.54, 1.807) is 49.4 Å². The Morgan fingerprint density at radius 1 is 0.967 bits per heavy atom. The smallest absolute Gasteiger partial charge is 0.255 e. The van der Waals surface area contributed by atoms with E-state index >= 15 is 0 Å². The van der Waals surface area contributed by atoms with Gasteiger partial charge in [-0.05, 0) is 55.0 Å². The van der Waals surface area contributed by atoms with Crippen LogP contribution in [0.5, 0.6) is 0 Å².